The third-order valence-corrected chi connectivity index (χ3v) is 4.58. The zero-order valence-corrected chi connectivity index (χ0v) is 12.1. The largest absolute Gasteiger partial charge is 0.340 e. The highest BCUT2D eigenvalue weighted by Gasteiger charge is 2.22. The number of hydrogen-bond donors (Lipinski definition) is 0. The van der Waals surface area contributed by atoms with Crippen molar-refractivity contribution in [3.05, 3.63) is 30.1 Å². The summed E-state index contributed by atoms with van der Waals surface area (Å²) in [4.78, 5) is 14.7. The lowest BCUT2D eigenvalue weighted by molar-refractivity contribution is -0.133. The Morgan fingerprint density at radius 3 is 2.95 bits per heavy atom. The van der Waals surface area contributed by atoms with Gasteiger partial charge in [0.05, 0.1) is 0 Å². The quantitative estimate of drug-likeness (QED) is 0.784. The van der Waals surface area contributed by atoms with Gasteiger partial charge in [0, 0.05) is 29.7 Å². The number of thioether (sulfide) groups is 1. The number of halogens is 1. The van der Waals surface area contributed by atoms with Crippen molar-refractivity contribution in [3.8, 4) is 0 Å². The minimum Gasteiger partial charge on any atom is -0.340 e. The van der Waals surface area contributed by atoms with Gasteiger partial charge in [0.1, 0.15) is 5.82 Å². The number of piperidine rings is 1. The summed E-state index contributed by atoms with van der Waals surface area (Å²) in [7, 11) is 0. The van der Waals surface area contributed by atoms with Crippen molar-refractivity contribution >= 4 is 17.7 Å². The topological polar surface area (TPSA) is 20.3 Å². The zero-order valence-electron chi connectivity index (χ0n) is 11.3. The molecule has 1 aliphatic rings. The van der Waals surface area contributed by atoms with E-state index in [0.29, 0.717) is 23.1 Å². The minimum atomic E-state index is -0.203. The van der Waals surface area contributed by atoms with Gasteiger partial charge in [0.25, 0.3) is 0 Å². The van der Waals surface area contributed by atoms with Crippen LogP contribution in [0.4, 0.5) is 4.39 Å². The maximum atomic E-state index is 13.4. The molecule has 1 amide bonds. The predicted octanol–water partition coefficient (Wildman–Crippen LogP) is 3.71. The Kier molecular flexibility index (Phi) is 5.25. The smallest absolute Gasteiger partial charge is 0.223 e. The van der Waals surface area contributed by atoms with Crippen LogP contribution in [0.2, 0.25) is 0 Å². The van der Waals surface area contributed by atoms with E-state index in [1.54, 1.807) is 12.1 Å². The molecule has 1 aliphatic heterocycles. The summed E-state index contributed by atoms with van der Waals surface area (Å²) in [5, 5.41) is 0. The number of rotatable bonds is 4. The van der Waals surface area contributed by atoms with Crippen molar-refractivity contribution in [2.24, 2.45) is 0 Å². The van der Waals surface area contributed by atoms with Crippen molar-refractivity contribution in [2.75, 3.05) is 12.3 Å². The van der Waals surface area contributed by atoms with Crippen LogP contribution < -0.4 is 0 Å². The summed E-state index contributed by atoms with van der Waals surface area (Å²) in [5.74, 6) is 0.644. The van der Waals surface area contributed by atoms with E-state index >= 15 is 0 Å². The SMILES string of the molecule is CC1CCCCN1C(=O)CCSc1ccccc1F. The summed E-state index contributed by atoms with van der Waals surface area (Å²) in [6.07, 6.45) is 3.92. The molecule has 1 heterocycles. The van der Waals surface area contributed by atoms with Gasteiger partial charge in [-0.3, -0.25) is 4.79 Å². The number of carbonyl (C=O) groups excluding carboxylic acids is 1. The summed E-state index contributed by atoms with van der Waals surface area (Å²) in [6.45, 7) is 2.99. The molecule has 0 spiro atoms. The molecule has 0 N–H and O–H groups in total. The summed E-state index contributed by atoms with van der Waals surface area (Å²) < 4.78 is 13.4. The third-order valence-electron chi connectivity index (χ3n) is 3.53. The van der Waals surface area contributed by atoms with Crippen LogP contribution in [0.15, 0.2) is 29.2 Å². The normalized spacial score (nSPS) is 19.5. The molecular formula is C15H20FNOS. The molecule has 1 saturated heterocycles. The molecule has 1 aromatic rings. The van der Waals surface area contributed by atoms with Gasteiger partial charge in [-0.2, -0.15) is 0 Å². The molecular weight excluding hydrogens is 261 g/mol. The van der Waals surface area contributed by atoms with E-state index in [1.165, 1.54) is 24.2 Å². The van der Waals surface area contributed by atoms with Gasteiger partial charge < -0.3 is 4.90 Å². The lowest BCUT2D eigenvalue weighted by Gasteiger charge is -2.33. The van der Waals surface area contributed by atoms with Crippen LogP contribution in [0.1, 0.15) is 32.6 Å². The van der Waals surface area contributed by atoms with E-state index in [2.05, 4.69) is 6.92 Å². The fraction of sp³-hybridized carbons (Fsp3) is 0.533. The van der Waals surface area contributed by atoms with Gasteiger partial charge in [-0.1, -0.05) is 12.1 Å². The first-order valence-electron chi connectivity index (χ1n) is 6.85. The summed E-state index contributed by atoms with van der Waals surface area (Å²) >= 11 is 1.42. The first kappa shape index (κ1) is 14.4. The molecule has 2 nitrogen and oxygen atoms in total. The molecule has 0 radical (unpaired) electrons. The Labute approximate surface area is 118 Å². The molecule has 1 atom stereocenters. The van der Waals surface area contributed by atoms with Crippen molar-refractivity contribution in [3.63, 3.8) is 0 Å². The van der Waals surface area contributed by atoms with Gasteiger partial charge in [-0.15, -0.1) is 11.8 Å². The fourth-order valence-corrected chi connectivity index (χ4v) is 3.30. The molecule has 104 valence electrons. The highest BCUT2D eigenvalue weighted by molar-refractivity contribution is 7.99. The molecule has 2 rings (SSSR count). The number of likely N-dealkylation sites (tertiary alicyclic amines) is 1. The van der Waals surface area contributed by atoms with Crippen LogP contribution >= 0.6 is 11.8 Å². The van der Waals surface area contributed by atoms with E-state index in [9.17, 15) is 9.18 Å². The zero-order chi connectivity index (χ0) is 13.7. The molecule has 1 unspecified atom stereocenters. The monoisotopic (exact) mass is 281 g/mol. The van der Waals surface area contributed by atoms with Crippen molar-refractivity contribution in [2.45, 2.75) is 43.5 Å². The lowest BCUT2D eigenvalue weighted by Crippen LogP contribution is -2.42. The Hall–Kier alpha value is -1.03. The average Bonchev–Trinajstić information content (AvgIpc) is 2.41. The van der Waals surface area contributed by atoms with Crippen molar-refractivity contribution in [1.82, 2.24) is 4.90 Å². The second-order valence-corrected chi connectivity index (χ2v) is 6.10. The third kappa shape index (κ3) is 3.96. The van der Waals surface area contributed by atoms with Gasteiger partial charge in [-0.25, -0.2) is 4.39 Å². The van der Waals surface area contributed by atoms with Crippen molar-refractivity contribution < 1.29 is 9.18 Å². The van der Waals surface area contributed by atoms with Gasteiger partial charge in [0.15, 0.2) is 0 Å². The first-order chi connectivity index (χ1) is 9.18. The second kappa shape index (κ2) is 6.94. The fourth-order valence-electron chi connectivity index (χ4n) is 2.42. The first-order valence-corrected chi connectivity index (χ1v) is 7.84. The molecule has 1 fully saturated rings. The highest BCUT2D eigenvalue weighted by Crippen LogP contribution is 2.23. The van der Waals surface area contributed by atoms with Crippen LogP contribution in [0.5, 0.6) is 0 Å². The standard InChI is InChI=1S/C15H20FNOS/c1-12-6-4-5-10-17(12)15(18)9-11-19-14-8-3-2-7-13(14)16/h2-3,7-8,12H,4-6,9-11H2,1H3. The number of nitrogens with zero attached hydrogens (tertiary/aromatic N) is 1. The van der Waals surface area contributed by atoms with Crippen LogP contribution in [0, 0.1) is 5.82 Å². The van der Waals surface area contributed by atoms with Crippen LogP contribution in [-0.4, -0.2) is 29.1 Å². The van der Waals surface area contributed by atoms with E-state index in [1.807, 2.05) is 11.0 Å². The van der Waals surface area contributed by atoms with Crippen LogP contribution in [-0.2, 0) is 4.79 Å². The molecule has 19 heavy (non-hydrogen) atoms. The van der Waals surface area contributed by atoms with Gasteiger partial charge in [0.2, 0.25) is 5.91 Å². The van der Waals surface area contributed by atoms with Gasteiger partial charge in [-0.05, 0) is 38.3 Å². The number of hydrogen-bond acceptors (Lipinski definition) is 2. The Balaban J connectivity index is 1.79. The van der Waals surface area contributed by atoms with E-state index in [0.717, 1.165) is 19.4 Å². The Bertz CT molecular complexity index is 438. The number of amides is 1. The second-order valence-electron chi connectivity index (χ2n) is 4.96. The molecule has 0 bridgehead atoms. The van der Waals surface area contributed by atoms with E-state index in [4.69, 9.17) is 0 Å². The highest BCUT2D eigenvalue weighted by atomic mass is 32.2. The molecule has 0 aliphatic carbocycles. The maximum Gasteiger partial charge on any atom is 0.223 e. The van der Waals surface area contributed by atoms with E-state index < -0.39 is 0 Å². The number of benzene rings is 1. The summed E-state index contributed by atoms with van der Waals surface area (Å²) in [5.41, 5.74) is 0. The molecule has 1 aromatic carbocycles. The lowest BCUT2D eigenvalue weighted by atomic mass is 10.0. The average molecular weight is 281 g/mol. The Morgan fingerprint density at radius 2 is 2.21 bits per heavy atom. The Morgan fingerprint density at radius 1 is 1.42 bits per heavy atom. The minimum absolute atomic E-state index is 0.203. The van der Waals surface area contributed by atoms with Crippen molar-refractivity contribution in [1.29, 1.82) is 0 Å². The van der Waals surface area contributed by atoms with E-state index in [-0.39, 0.29) is 11.7 Å². The molecule has 0 saturated carbocycles. The van der Waals surface area contributed by atoms with Gasteiger partial charge >= 0.3 is 0 Å². The summed E-state index contributed by atoms with van der Waals surface area (Å²) in [6, 6.07) is 7.07. The van der Waals surface area contributed by atoms with Crippen LogP contribution in [0.3, 0.4) is 0 Å². The number of carbonyl (C=O) groups is 1. The molecule has 0 aromatic heterocycles. The van der Waals surface area contributed by atoms with Crippen LogP contribution in [0.25, 0.3) is 0 Å². The maximum absolute atomic E-state index is 13.4. The predicted molar refractivity (Wildman–Crippen MR) is 76.8 cm³/mol. The molecule has 4 heteroatoms.